The maximum Gasteiger partial charge on any atom is 0.194 e. The SMILES string of the molecule is CN1C(=S)N[C@@H](c2ccccn2)[C@H]1c1cccn1-c1nc2ccccc2s1. The molecular weight excluding hydrogens is 374 g/mol. The number of hydrogen-bond acceptors (Lipinski definition) is 4. The van der Waals surface area contributed by atoms with Crippen LogP contribution in [0, 0.1) is 0 Å². The van der Waals surface area contributed by atoms with Crippen molar-refractivity contribution in [3.05, 3.63) is 78.4 Å². The lowest BCUT2D eigenvalue weighted by molar-refractivity contribution is 0.357. The summed E-state index contributed by atoms with van der Waals surface area (Å²) >= 11 is 7.24. The van der Waals surface area contributed by atoms with E-state index in [2.05, 4.69) is 44.2 Å². The molecule has 5 nitrogen and oxygen atoms in total. The van der Waals surface area contributed by atoms with E-state index >= 15 is 0 Å². The maximum atomic E-state index is 5.55. The van der Waals surface area contributed by atoms with Crippen molar-refractivity contribution in [1.29, 1.82) is 0 Å². The number of nitrogens with zero attached hydrogens (tertiary/aromatic N) is 4. The second-order valence-corrected chi connectivity index (χ2v) is 7.90. The number of para-hydroxylation sites is 1. The van der Waals surface area contributed by atoms with Crippen LogP contribution in [0.5, 0.6) is 0 Å². The minimum Gasteiger partial charge on any atom is -0.352 e. The number of pyridine rings is 1. The standard InChI is InChI=1S/C20H17N5S2/c1-24-18(17(23-19(24)26)14-8-4-5-11-21-14)15-9-6-12-25(15)20-22-13-7-2-3-10-16(13)27-20/h2-12,17-18H,1H3,(H,23,26)/t17-,18+/m0/s1. The molecule has 0 unspecified atom stereocenters. The molecule has 1 saturated heterocycles. The lowest BCUT2D eigenvalue weighted by Gasteiger charge is -2.25. The summed E-state index contributed by atoms with van der Waals surface area (Å²) in [6.45, 7) is 0. The summed E-state index contributed by atoms with van der Waals surface area (Å²) in [4.78, 5) is 11.5. The monoisotopic (exact) mass is 391 g/mol. The molecule has 1 aliphatic rings. The number of fused-ring (bicyclic) bond motifs is 1. The zero-order valence-electron chi connectivity index (χ0n) is 14.6. The first kappa shape index (κ1) is 16.4. The maximum absolute atomic E-state index is 5.55. The van der Waals surface area contributed by atoms with Crippen molar-refractivity contribution >= 4 is 38.9 Å². The predicted molar refractivity (Wildman–Crippen MR) is 112 cm³/mol. The van der Waals surface area contributed by atoms with Crippen molar-refractivity contribution in [3.63, 3.8) is 0 Å². The van der Waals surface area contributed by atoms with Gasteiger partial charge in [0, 0.05) is 19.4 Å². The van der Waals surface area contributed by atoms with E-state index in [1.165, 1.54) is 4.70 Å². The average Bonchev–Trinajstić information content (AvgIpc) is 3.40. The molecular formula is C20H17N5S2. The van der Waals surface area contributed by atoms with Crippen LogP contribution in [-0.2, 0) is 0 Å². The molecule has 0 bridgehead atoms. The minimum absolute atomic E-state index is 0.00766. The topological polar surface area (TPSA) is 46.0 Å². The van der Waals surface area contributed by atoms with Crippen LogP contribution < -0.4 is 5.32 Å². The lowest BCUT2D eigenvalue weighted by atomic mass is 10.0. The smallest absolute Gasteiger partial charge is 0.194 e. The van der Waals surface area contributed by atoms with Gasteiger partial charge in [-0.05, 0) is 48.6 Å². The second kappa shape index (κ2) is 6.44. The van der Waals surface area contributed by atoms with Crippen molar-refractivity contribution < 1.29 is 0 Å². The van der Waals surface area contributed by atoms with E-state index in [1.54, 1.807) is 11.3 Å². The van der Waals surface area contributed by atoms with Crippen LogP contribution in [0.15, 0.2) is 67.0 Å². The van der Waals surface area contributed by atoms with Crippen molar-refractivity contribution in [2.45, 2.75) is 12.1 Å². The van der Waals surface area contributed by atoms with Gasteiger partial charge in [-0.25, -0.2) is 4.98 Å². The fourth-order valence-electron chi connectivity index (χ4n) is 3.60. The number of aromatic nitrogens is 3. The normalized spacial score (nSPS) is 19.6. The zero-order chi connectivity index (χ0) is 18.4. The number of thiazole rings is 1. The first-order chi connectivity index (χ1) is 13.2. The van der Waals surface area contributed by atoms with Crippen LogP contribution in [-0.4, -0.2) is 31.6 Å². The highest BCUT2D eigenvalue weighted by Gasteiger charge is 2.39. The van der Waals surface area contributed by atoms with Gasteiger partial charge in [0.1, 0.15) is 0 Å². The van der Waals surface area contributed by atoms with E-state index in [-0.39, 0.29) is 12.1 Å². The third-order valence-corrected chi connectivity index (χ3v) is 6.35. The molecule has 0 spiro atoms. The Balaban J connectivity index is 1.61. The van der Waals surface area contributed by atoms with Crippen molar-refractivity contribution in [3.8, 4) is 5.13 Å². The van der Waals surface area contributed by atoms with Crippen molar-refractivity contribution in [1.82, 2.24) is 24.8 Å². The van der Waals surface area contributed by atoms with E-state index in [0.717, 1.165) is 27.1 Å². The van der Waals surface area contributed by atoms with Crippen molar-refractivity contribution in [2.24, 2.45) is 0 Å². The molecule has 0 radical (unpaired) electrons. The molecule has 0 saturated carbocycles. The van der Waals surface area contributed by atoms with Crippen LogP contribution in [0.2, 0.25) is 0 Å². The molecule has 4 heterocycles. The van der Waals surface area contributed by atoms with Gasteiger partial charge in [0.2, 0.25) is 0 Å². The Labute approximate surface area is 166 Å². The number of likely N-dealkylation sites (N-methyl/N-ethyl adjacent to an activating group) is 1. The highest BCUT2D eigenvalue weighted by atomic mass is 32.1. The first-order valence-electron chi connectivity index (χ1n) is 8.70. The summed E-state index contributed by atoms with van der Waals surface area (Å²) in [7, 11) is 2.03. The number of rotatable bonds is 3. The Bertz CT molecular complexity index is 1080. The first-order valence-corrected chi connectivity index (χ1v) is 9.92. The van der Waals surface area contributed by atoms with Gasteiger partial charge >= 0.3 is 0 Å². The van der Waals surface area contributed by atoms with Gasteiger partial charge in [0.15, 0.2) is 10.2 Å². The number of benzene rings is 1. The number of hydrogen-bond donors (Lipinski definition) is 1. The Kier molecular flexibility index (Phi) is 3.91. The third kappa shape index (κ3) is 2.70. The van der Waals surface area contributed by atoms with Gasteiger partial charge in [-0.3, -0.25) is 9.55 Å². The highest BCUT2D eigenvalue weighted by Crippen LogP contribution is 2.39. The van der Waals surface area contributed by atoms with Crippen LogP contribution in [0.4, 0.5) is 0 Å². The Hall–Kier alpha value is -2.77. The largest absolute Gasteiger partial charge is 0.352 e. The fourth-order valence-corrected chi connectivity index (χ4v) is 4.81. The fraction of sp³-hybridized carbons (Fsp3) is 0.150. The molecule has 1 aromatic carbocycles. The molecule has 2 atom stereocenters. The third-order valence-electron chi connectivity index (χ3n) is 4.91. The van der Waals surface area contributed by atoms with Gasteiger partial charge in [0.25, 0.3) is 0 Å². The van der Waals surface area contributed by atoms with E-state index in [1.807, 2.05) is 49.6 Å². The Morgan fingerprint density at radius 2 is 1.93 bits per heavy atom. The zero-order valence-corrected chi connectivity index (χ0v) is 16.2. The predicted octanol–water partition coefficient (Wildman–Crippen LogP) is 4.08. The van der Waals surface area contributed by atoms with E-state index < -0.39 is 0 Å². The minimum atomic E-state index is -0.00766. The number of nitrogens with one attached hydrogen (secondary N) is 1. The average molecular weight is 392 g/mol. The Morgan fingerprint density at radius 1 is 1.07 bits per heavy atom. The second-order valence-electron chi connectivity index (χ2n) is 6.50. The molecule has 27 heavy (non-hydrogen) atoms. The van der Waals surface area contributed by atoms with Gasteiger partial charge in [-0.1, -0.05) is 29.5 Å². The van der Waals surface area contributed by atoms with Crippen LogP contribution >= 0.6 is 23.6 Å². The molecule has 1 aliphatic heterocycles. The van der Waals surface area contributed by atoms with E-state index in [0.29, 0.717) is 0 Å². The molecule has 0 amide bonds. The van der Waals surface area contributed by atoms with E-state index in [4.69, 9.17) is 17.2 Å². The van der Waals surface area contributed by atoms with Gasteiger partial charge in [-0.2, -0.15) is 0 Å². The molecule has 1 fully saturated rings. The van der Waals surface area contributed by atoms with Gasteiger partial charge in [-0.15, -0.1) is 0 Å². The lowest BCUT2D eigenvalue weighted by Crippen LogP contribution is -2.25. The highest BCUT2D eigenvalue weighted by molar-refractivity contribution is 7.80. The molecule has 4 aromatic rings. The summed E-state index contributed by atoms with van der Waals surface area (Å²) in [5.74, 6) is 0. The van der Waals surface area contributed by atoms with Crippen LogP contribution in [0.3, 0.4) is 0 Å². The van der Waals surface area contributed by atoms with Gasteiger partial charge < -0.3 is 10.2 Å². The number of thiocarbonyl (C=S) groups is 1. The summed E-state index contributed by atoms with van der Waals surface area (Å²) in [5, 5.41) is 5.12. The summed E-state index contributed by atoms with van der Waals surface area (Å²) in [5.41, 5.74) is 3.14. The molecule has 134 valence electrons. The quantitative estimate of drug-likeness (QED) is 0.533. The molecule has 5 rings (SSSR count). The van der Waals surface area contributed by atoms with Crippen LogP contribution in [0.1, 0.15) is 23.5 Å². The van der Waals surface area contributed by atoms with Crippen molar-refractivity contribution in [2.75, 3.05) is 7.05 Å². The van der Waals surface area contributed by atoms with Crippen LogP contribution in [0.25, 0.3) is 15.3 Å². The molecule has 7 heteroatoms. The molecule has 1 N–H and O–H groups in total. The summed E-state index contributed by atoms with van der Waals surface area (Å²) in [6.07, 6.45) is 3.89. The Morgan fingerprint density at radius 3 is 2.74 bits per heavy atom. The molecule has 0 aliphatic carbocycles. The summed E-state index contributed by atoms with van der Waals surface area (Å²) < 4.78 is 3.35. The van der Waals surface area contributed by atoms with Gasteiger partial charge in [0.05, 0.1) is 33.7 Å². The van der Waals surface area contributed by atoms with E-state index in [9.17, 15) is 0 Å². The molecule has 3 aromatic heterocycles. The summed E-state index contributed by atoms with van der Waals surface area (Å²) in [6, 6.07) is 18.4.